The number of hydrogen-bond donors (Lipinski definition) is 1. The van der Waals surface area contributed by atoms with Crippen molar-refractivity contribution >= 4 is 0 Å². The van der Waals surface area contributed by atoms with Crippen LogP contribution in [0.15, 0.2) is 31.0 Å². The molecule has 0 saturated heterocycles. The lowest BCUT2D eigenvalue weighted by Gasteiger charge is -2.08. The van der Waals surface area contributed by atoms with Gasteiger partial charge in [0.2, 0.25) is 0 Å². The molecule has 0 aliphatic heterocycles. The Morgan fingerprint density at radius 2 is 2.29 bits per heavy atom. The van der Waals surface area contributed by atoms with Crippen LogP contribution in [0.5, 0.6) is 0 Å². The molecule has 88 valence electrons. The average molecular weight is 232 g/mol. The Hall–Kier alpha value is -1.75. The van der Waals surface area contributed by atoms with E-state index in [-0.39, 0.29) is 5.82 Å². The van der Waals surface area contributed by atoms with Gasteiger partial charge in [0.25, 0.3) is 0 Å². The van der Waals surface area contributed by atoms with Crippen molar-refractivity contribution in [2.24, 2.45) is 0 Å². The molecule has 1 N–H and O–H groups in total. The van der Waals surface area contributed by atoms with Crippen LogP contribution in [0.1, 0.15) is 18.4 Å². The first-order valence-electron chi connectivity index (χ1n) is 5.69. The number of rotatable bonds is 4. The smallest absolute Gasteiger partial charge is 0.174 e. The summed E-state index contributed by atoms with van der Waals surface area (Å²) in [5.74, 6) is 0.0243. The van der Waals surface area contributed by atoms with Crippen LogP contribution in [0, 0.1) is 5.82 Å². The van der Waals surface area contributed by atoms with Gasteiger partial charge in [-0.1, -0.05) is 0 Å². The summed E-state index contributed by atoms with van der Waals surface area (Å²) in [7, 11) is 0. The van der Waals surface area contributed by atoms with Crippen LogP contribution in [0.25, 0.3) is 5.82 Å². The maximum atomic E-state index is 14.2. The van der Waals surface area contributed by atoms with Crippen LogP contribution >= 0.6 is 0 Å². The molecule has 5 heteroatoms. The van der Waals surface area contributed by atoms with Crippen LogP contribution in [-0.4, -0.2) is 20.6 Å². The Balaban J connectivity index is 1.86. The molecule has 0 bridgehead atoms. The third-order valence-electron chi connectivity index (χ3n) is 2.86. The van der Waals surface area contributed by atoms with E-state index in [2.05, 4.69) is 15.3 Å². The minimum atomic E-state index is -0.279. The molecule has 2 aromatic rings. The number of aromatic nitrogens is 3. The van der Waals surface area contributed by atoms with Crippen LogP contribution in [0.2, 0.25) is 0 Å². The predicted octanol–water partition coefficient (Wildman–Crippen LogP) is 1.66. The van der Waals surface area contributed by atoms with E-state index in [1.807, 2.05) is 0 Å². The van der Waals surface area contributed by atoms with E-state index >= 15 is 0 Å². The van der Waals surface area contributed by atoms with Crippen LogP contribution in [0.4, 0.5) is 4.39 Å². The fraction of sp³-hybridized carbons (Fsp3) is 0.333. The predicted molar refractivity (Wildman–Crippen MR) is 61.2 cm³/mol. The molecular weight excluding hydrogens is 219 g/mol. The van der Waals surface area contributed by atoms with Crippen LogP contribution < -0.4 is 5.32 Å². The zero-order valence-corrected chi connectivity index (χ0v) is 9.31. The normalized spacial score (nSPS) is 15.1. The molecule has 3 rings (SSSR count). The molecular formula is C12H13FN4. The lowest BCUT2D eigenvalue weighted by Crippen LogP contribution is -2.17. The summed E-state index contributed by atoms with van der Waals surface area (Å²) in [6.07, 6.45) is 8.85. The van der Waals surface area contributed by atoms with Crippen molar-refractivity contribution in [1.82, 2.24) is 19.9 Å². The molecule has 0 amide bonds. The second-order valence-electron chi connectivity index (χ2n) is 4.23. The molecule has 1 aliphatic rings. The Kier molecular flexibility index (Phi) is 2.60. The van der Waals surface area contributed by atoms with Crippen molar-refractivity contribution in [1.29, 1.82) is 0 Å². The first kappa shape index (κ1) is 10.4. The SMILES string of the molecule is Fc1c(CNC2CC2)ccnc1-n1ccnc1. The van der Waals surface area contributed by atoms with Crippen molar-refractivity contribution in [2.45, 2.75) is 25.4 Å². The molecule has 1 fully saturated rings. The highest BCUT2D eigenvalue weighted by Gasteiger charge is 2.21. The van der Waals surface area contributed by atoms with E-state index in [9.17, 15) is 4.39 Å². The summed E-state index contributed by atoms with van der Waals surface area (Å²) >= 11 is 0. The number of pyridine rings is 1. The zero-order chi connectivity index (χ0) is 11.7. The van der Waals surface area contributed by atoms with Gasteiger partial charge in [-0.05, 0) is 18.9 Å². The van der Waals surface area contributed by atoms with Crippen molar-refractivity contribution < 1.29 is 4.39 Å². The minimum absolute atomic E-state index is 0.279. The average Bonchev–Trinajstić information content (AvgIpc) is 3.01. The number of nitrogens with one attached hydrogen (secondary N) is 1. The van der Waals surface area contributed by atoms with Gasteiger partial charge >= 0.3 is 0 Å². The maximum absolute atomic E-state index is 14.2. The molecule has 0 radical (unpaired) electrons. The van der Waals surface area contributed by atoms with Crippen molar-refractivity contribution in [2.75, 3.05) is 0 Å². The highest BCUT2D eigenvalue weighted by molar-refractivity contribution is 5.30. The first-order valence-corrected chi connectivity index (χ1v) is 5.69. The molecule has 1 aliphatic carbocycles. The molecule has 0 unspecified atom stereocenters. The number of imidazole rings is 1. The topological polar surface area (TPSA) is 42.7 Å². The fourth-order valence-electron chi connectivity index (χ4n) is 1.71. The monoisotopic (exact) mass is 232 g/mol. The van der Waals surface area contributed by atoms with Crippen LogP contribution in [-0.2, 0) is 6.54 Å². The third-order valence-corrected chi connectivity index (χ3v) is 2.86. The van der Waals surface area contributed by atoms with E-state index in [4.69, 9.17) is 0 Å². The summed E-state index contributed by atoms with van der Waals surface area (Å²) in [6.45, 7) is 0.556. The van der Waals surface area contributed by atoms with Crippen molar-refractivity contribution in [3.63, 3.8) is 0 Å². The molecule has 4 nitrogen and oxygen atoms in total. The summed E-state index contributed by atoms with van der Waals surface area (Å²) < 4.78 is 15.7. The summed E-state index contributed by atoms with van der Waals surface area (Å²) in [4.78, 5) is 7.94. The van der Waals surface area contributed by atoms with Gasteiger partial charge in [-0.3, -0.25) is 4.57 Å². The van der Waals surface area contributed by atoms with E-state index in [1.165, 1.54) is 12.8 Å². The maximum Gasteiger partial charge on any atom is 0.174 e. The van der Waals surface area contributed by atoms with Gasteiger partial charge in [0.15, 0.2) is 11.6 Å². The molecule has 2 heterocycles. The highest BCUT2D eigenvalue weighted by atomic mass is 19.1. The number of halogens is 1. The van der Waals surface area contributed by atoms with Gasteiger partial charge in [-0.2, -0.15) is 0 Å². The molecule has 0 aromatic carbocycles. The largest absolute Gasteiger partial charge is 0.310 e. The quantitative estimate of drug-likeness (QED) is 0.871. The number of nitrogens with zero attached hydrogens (tertiary/aromatic N) is 3. The van der Waals surface area contributed by atoms with E-state index in [1.54, 1.807) is 35.6 Å². The van der Waals surface area contributed by atoms with Crippen LogP contribution in [0.3, 0.4) is 0 Å². The van der Waals surface area contributed by atoms with Gasteiger partial charge in [0.05, 0.1) is 0 Å². The second kappa shape index (κ2) is 4.25. The lowest BCUT2D eigenvalue weighted by molar-refractivity contribution is 0.573. The Bertz CT molecular complexity index is 505. The Labute approximate surface area is 98.5 Å². The van der Waals surface area contributed by atoms with Gasteiger partial charge in [-0.15, -0.1) is 0 Å². The van der Waals surface area contributed by atoms with Gasteiger partial charge in [0, 0.05) is 36.7 Å². The highest BCUT2D eigenvalue weighted by Crippen LogP contribution is 2.20. The lowest BCUT2D eigenvalue weighted by atomic mass is 10.2. The molecule has 0 atom stereocenters. The third kappa shape index (κ3) is 2.19. The van der Waals surface area contributed by atoms with Gasteiger partial charge in [-0.25, -0.2) is 14.4 Å². The summed E-state index contributed by atoms with van der Waals surface area (Å²) in [6, 6.07) is 2.28. The fourth-order valence-corrected chi connectivity index (χ4v) is 1.71. The Morgan fingerprint density at radius 1 is 1.41 bits per heavy atom. The molecule has 17 heavy (non-hydrogen) atoms. The Morgan fingerprint density at radius 3 is 3.00 bits per heavy atom. The summed E-state index contributed by atoms with van der Waals surface area (Å²) in [5.41, 5.74) is 0.649. The molecule has 1 saturated carbocycles. The standard InChI is InChI=1S/C12H13FN4/c13-11-9(7-16-10-1-2-10)3-4-15-12(11)17-6-5-14-8-17/h3-6,8,10,16H,1-2,7H2. The first-order chi connectivity index (χ1) is 8.34. The number of hydrogen-bond acceptors (Lipinski definition) is 3. The minimum Gasteiger partial charge on any atom is -0.310 e. The zero-order valence-electron chi connectivity index (χ0n) is 9.31. The van der Waals surface area contributed by atoms with E-state index < -0.39 is 0 Å². The van der Waals surface area contributed by atoms with Crippen molar-refractivity contribution in [3.05, 3.63) is 42.4 Å². The molecule has 0 spiro atoms. The summed E-state index contributed by atoms with van der Waals surface area (Å²) in [5, 5.41) is 3.29. The van der Waals surface area contributed by atoms with E-state index in [0.717, 1.165) is 0 Å². The second-order valence-corrected chi connectivity index (χ2v) is 4.23. The van der Waals surface area contributed by atoms with Gasteiger partial charge < -0.3 is 5.32 Å². The van der Waals surface area contributed by atoms with E-state index in [0.29, 0.717) is 24.0 Å². The van der Waals surface area contributed by atoms with Crippen molar-refractivity contribution in [3.8, 4) is 5.82 Å². The molecule has 2 aromatic heterocycles. The van der Waals surface area contributed by atoms with Gasteiger partial charge in [0.1, 0.15) is 6.33 Å².